The highest BCUT2D eigenvalue weighted by atomic mass is 16.2. The summed E-state index contributed by atoms with van der Waals surface area (Å²) in [5.74, 6) is 0.0304. The summed E-state index contributed by atoms with van der Waals surface area (Å²) in [6, 6.07) is 15.9. The number of benzene rings is 2. The number of hydrogen-bond donors (Lipinski definition) is 0. The maximum Gasteiger partial charge on any atom is 0.258 e. The molecule has 0 spiro atoms. The topological polar surface area (TPSA) is 38.1 Å². The van der Waals surface area contributed by atoms with Crippen molar-refractivity contribution in [3.63, 3.8) is 0 Å². The minimum absolute atomic E-state index is 0.0304. The number of amides is 1. The van der Waals surface area contributed by atoms with Crippen molar-refractivity contribution in [2.45, 2.75) is 19.9 Å². The van der Waals surface area contributed by atoms with Crippen LogP contribution in [0.1, 0.15) is 32.7 Å². The highest BCUT2D eigenvalue weighted by molar-refractivity contribution is 6.06. The van der Waals surface area contributed by atoms with Crippen molar-refractivity contribution in [1.29, 1.82) is 0 Å². The van der Waals surface area contributed by atoms with Crippen LogP contribution in [-0.2, 0) is 20.0 Å². The van der Waals surface area contributed by atoms with Crippen molar-refractivity contribution in [2.24, 2.45) is 7.05 Å². The molecule has 0 saturated carbocycles. The third-order valence-electron chi connectivity index (χ3n) is 4.63. The largest absolute Gasteiger partial charge is 0.304 e. The Kier molecular flexibility index (Phi) is 3.45. The molecule has 0 radical (unpaired) electrons. The second kappa shape index (κ2) is 5.64. The fraction of sp³-hybridized carbons (Fsp3) is 0.200. The second-order valence-corrected chi connectivity index (χ2v) is 6.31. The Bertz CT molecular complexity index is 926. The van der Waals surface area contributed by atoms with Crippen LogP contribution in [0.3, 0.4) is 0 Å². The molecule has 1 aromatic heterocycles. The first kappa shape index (κ1) is 14.7. The van der Waals surface area contributed by atoms with E-state index in [9.17, 15) is 4.79 Å². The van der Waals surface area contributed by atoms with Crippen molar-refractivity contribution >= 4 is 11.6 Å². The van der Waals surface area contributed by atoms with Gasteiger partial charge in [-0.1, -0.05) is 35.9 Å². The van der Waals surface area contributed by atoms with Crippen LogP contribution < -0.4 is 4.90 Å². The van der Waals surface area contributed by atoms with E-state index >= 15 is 0 Å². The number of aromatic nitrogens is 2. The molecular formula is C20H19N3O. The summed E-state index contributed by atoms with van der Waals surface area (Å²) in [6.45, 7) is 2.55. The molecule has 0 atom stereocenters. The molecule has 24 heavy (non-hydrogen) atoms. The molecule has 0 bridgehead atoms. The zero-order chi connectivity index (χ0) is 16.7. The Hall–Kier alpha value is -2.88. The molecule has 4 heteroatoms. The van der Waals surface area contributed by atoms with Gasteiger partial charge in [0, 0.05) is 36.0 Å². The van der Waals surface area contributed by atoms with E-state index in [0.717, 1.165) is 34.4 Å². The summed E-state index contributed by atoms with van der Waals surface area (Å²) < 4.78 is 1.91. The first-order chi connectivity index (χ1) is 11.6. The van der Waals surface area contributed by atoms with Gasteiger partial charge in [0.05, 0.1) is 12.7 Å². The number of hydrogen-bond acceptors (Lipinski definition) is 2. The number of nitrogens with zero attached hydrogens (tertiary/aromatic N) is 3. The molecule has 120 valence electrons. The van der Waals surface area contributed by atoms with Crippen molar-refractivity contribution in [2.75, 3.05) is 4.90 Å². The molecule has 4 nitrogen and oxygen atoms in total. The van der Waals surface area contributed by atoms with Gasteiger partial charge in [0.2, 0.25) is 0 Å². The van der Waals surface area contributed by atoms with Crippen molar-refractivity contribution in [3.8, 4) is 0 Å². The summed E-state index contributed by atoms with van der Waals surface area (Å²) in [7, 11) is 1.96. The smallest absolute Gasteiger partial charge is 0.258 e. The molecule has 2 heterocycles. The molecule has 0 aliphatic carbocycles. The summed E-state index contributed by atoms with van der Waals surface area (Å²) in [5.41, 5.74) is 6.22. The van der Waals surface area contributed by atoms with Crippen molar-refractivity contribution in [1.82, 2.24) is 9.78 Å². The average molecular weight is 317 g/mol. The van der Waals surface area contributed by atoms with Gasteiger partial charge in [0.25, 0.3) is 5.91 Å². The predicted octanol–water partition coefficient (Wildman–Crippen LogP) is 3.48. The lowest BCUT2D eigenvalue weighted by atomic mass is 10.1. The number of rotatable bonds is 1. The van der Waals surface area contributed by atoms with Crippen LogP contribution in [0.4, 0.5) is 5.69 Å². The van der Waals surface area contributed by atoms with Crippen LogP contribution >= 0.6 is 0 Å². The minimum Gasteiger partial charge on any atom is -0.304 e. The fourth-order valence-corrected chi connectivity index (χ4v) is 3.34. The lowest BCUT2D eigenvalue weighted by molar-refractivity contribution is 0.0985. The van der Waals surface area contributed by atoms with Gasteiger partial charge in [0.1, 0.15) is 0 Å². The summed E-state index contributed by atoms with van der Waals surface area (Å²) in [5, 5.41) is 4.37. The van der Waals surface area contributed by atoms with E-state index < -0.39 is 0 Å². The van der Waals surface area contributed by atoms with E-state index in [1.165, 1.54) is 5.69 Å². The Balaban J connectivity index is 1.83. The second-order valence-electron chi connectivity index (χ2n) is 6.31. The quantitative estimate of drug-likeness (QED) is 0.689. The van der Waals surface area contributed by atoms with Crippen molar-refractivity contribution in [3.05, 3.63) is 82.7 Å². The highest BCUT2D eigenvalue weighted by Gasteiger charge is 2.26. The Morgan fingerprint density at radius 2 is 1.92 bits per heavy atom. The number of carbonyl (C=O) groups excluding carboxylic acids is 1. The normalized spacial score (nSPS) is 13.2. The molecule has 0 N–H and O–H groups in total. The summed E-state index contributed by atoms with van der Waals surface area (Å²) in [4.78, 5) is 15.1. The van der Waals surface area contributed by atoms with Gasteiger partial charge in [-0.25, -0.2) is 0 Å². The van der Waals surface area contributed by atoms with E-state index in [2.05, 4.69) is 11.2 Å². The number of carbonyl (C=O) groups is 1. The standard InChI is InChI=1S/C20H19N3O/c1-14-6-5-8-16(10-14)20(24)23-13-17-12-21-22(2)19(17)11-15-7-3-4-9-18(15)23/h3-10,12H,11,13H2,1-2H3. The van der Waals surface area contributed by atoms with Crippen LogP contribution in [0.15, 0.2) is 54.7 Å². The molecule has 0 saturated heterocycles. The average Bonchev–Trinajstić information content (AvgIpc) is 2.84. The summed E-state index contributed by atoms with van der Waals surface area (Å²) in [6.07, 6.45) is 2.66. The number of aryl methyl sites for hydroxylation is 2. The van der Waals surface area contributed by atoms with E-state index in [-0.39, 0.29) is 5.91 Å². The molecule has 3 aromatic rings. The maximum absolute atomic E-state index is 13.2. The number of anilines is 1. The van der Waals surface area contributed by atoms with Gasteiger partial charge in [-0.15, -0.1) is 0 Å². The van der Waals surface area contributed by atoms with Gasteiger partial charge in [0.15, 0.2) is 0 Å². The lowest BCUT2D eigenvalue weighted by Crippen LogP contribution is -2.30. The van der Waals surface area contributed by atoms with Gasteiger partial charge in [-0.3, -0.25) is 9.48 Å². The Morgan fingerprint density at radius 1 is 1.08 bits per heavy atom. The van der Waals surface area contributed by atoms with Gasteiger partial charge >= 0.3 is 0 Å². The van der Waals surface area contributed by atoms with Gasteiger partial charge in [-0.05, 0) is 30.7 Å². The molecule has 0 fully saturated rings. The summed E-state index contributed by atoms with van der Waals surface area (Å²) >= 11 is 0. The van der Waals surface area contributed by atoms with Gasteiger partial charge in [-0.2, -0.15) is 5.10 Å². The first-order valence-electron chi connectivity index (χ1n) is 8.09. The molecule has 0 unspecified atom stereocenters. The molecule has 1 amide bonds. The monoisotopic (exact) mass is 317 g/mol. The predicted molar refractivity (Wildman–Crippen MR) is 94.1 cm³/mol. The Labute approximate surface area is 141 Å². The Morgan fingerprint density at radius 3 is 2.75 bits per heavy atom. The third kappa shape index (κ3) is 2.40. The first-order valence-corrected chi connectivity index (χ1v) is 8.09. The zero-order valence-corrected chi connectivity index (χ0v) is 13.9. The molecular weight excluding hydrogens is 298 g/mol. The van der Waals surface area contributed by atoms with Crippen LogP contribution in [0, 0.1) is 6.92 Å². The third-order valence-corrected chi connectivity index (χ3v) is 4.63. The highest BCUT2D eigenvalue weighted by Crippen LogP contribution is 2.31. The van der Waals surface area contributed by atoms with Crippen LogP contribution in [0.5, 0.6) is 0 Å². The number of fused-ring (bicyclic) bond motifs is 2. The molecule has 1 aliphatic heterocycles. The van der Waals surface area contributed by atoms with Gasteiger partial charge < -0.3 is 4.90 Å². The molecule has 2 aromatic carbocycles. The lowest BCUT2D eigenvalue weighted by Gasteiger charge is -2.23. The number of para-hydroxylation sites is 1. The SMILES string of the molecule is Cc1cccc(C(=O)N2Cc3cnn(C)c3Cc3ccccc32)c1. The zero-order valence-electron chi connectivity index (χ0n) is 13.9. The van der Waals surface area contributed by atoms with E-state index in [4.69, 9.17) is 0 Å². The molecule has 4 rings (SSSR count). The fourth-order valence-electron chi connectivity index (χ4n) is 3.34. The van der Waals surface area contributed by atoms with E-state index in [1.54, 1.807) is 0 Å². The maximum atomic E-state index is 13.2. The van der Waals surface area contributed by atoms with Crippen LogP contribution in [-0.4, -0.2) is 15.7 Å². The molecule has 1 aliphatic rings. The minimum atomic E-state index is 0.0304. The van der Waals surface area contributed by atoms with E-state index in [0.29, 0.717) is 6.54 Å². The van der Waals surface area contributed by atoms with E-state index in [1.807, 2.05) is 72.2 Å². The van der Waals surface area contributed by atoms with Crippen LogP contribution in [0.25, 0.3) is 0 Å². The van der Waals surface area contributed by atoms with Crippen LogP contribution in [0.2, 0.25) is 0 Å². The van der Waals surface area contributed by atoms with Crippen molar-refractivity contribution < 1.29 is 4.79 Å².